The second-order valence-corrected chi connectivity index (χ2v) is 16.9. The molecule has 5 amide bonds. The number of amides is 5. The molecule has 3 aliphatic rings. The predicted octanol–water partition coefficient (Wildman–Crippen LogP) is 5.18. The van der Waals surface area contributed by atoms with Crippen LogP contribution in [0.1, 0.15) is 67.9 Å². The molecule has 2 unspecified atom stereocenters. The Kier molecular flexibility index (Phi) is 12.0. The van der Waals surface area contributed by atoms with E-state index in [2.05, 4.69) is 41.9 Å². The number of hydrogen-bond donors (Lipinski definition) is 6. The number of aryl methyl sites for hydroxylation is 1. The van der Waals surface area contributed by atoms with Crippen LogP contribution in [0.5, 0.6) is 0 Å². The molecule has 1 aromatic heterocycles. The second-order valence-electron chi connectivity index (χ2n) is 16.9. The van der Waals surface area contributed by atoms with E-state index in [-0.39, 0.29) is 53.9 Å². The molecule has 2 aliphatic carbocycles. The Hall–Kier alpha value is -6.32. The Balaban J connectivity index is 1.03. The molecule has 310 valence electrons. The molecule has 6 N–H and O–H groups in total. The standard InChI is InChI=1S/C43H51N9O7/c1-24-8-11-30(39(54)47-36-33-22-52(42(57)58)23-34(33)36)20-32(24)29-7-5-6-26(18-29)19-35(40(55)45-31-16-14-27(15-17-31)37-48-50-51-49-37)46-38(53)28-12-9-25(10-13-28)21-44-41(56)59-43(2,3)4/h5-8,11,14-18,20,25,28,33-36H,9-10,12-13,19,21-23H2,1-4H3,(H,44,56)(H,45,55)(H,46,53)(H,47,54)(H,57,58)(H,48,49,50,51)/t25-,28-,33?,34?,35-,36?/m0/s1. The highest BCUT2D eigenvalue weighted by Gasteiger charge is 2.57. The van der Waals surface area contributed by atoms with Gasteiger partial charge in [-0.2, -0.15) is 0 Å². The summed E-state index contributed by atoms with van der Waals surface area (Å²) in [7, 11) is 0. The van der Waals surface area contributed by atoms with Gasteiger partial charge in [-0.05, 0) is 128 Å². The first kappa shape index (κ1) is 40.9. The largest absolute Gasteiger partial charge is 0.465 e. The molecule has 4 aromatic rings. The molecule has 0 spiro atoms. The molecule has 1 saturated heterocycles. The number of likely N-dealkylation sites (tertiary alicyclic amines) is 1. The number of aromatic nitrogens is 4. The summed E-state index contributed by atoms with van der Waals surface area (Å²) in [5.41, 5.74) is 4.69. The van der Waals surface area contributed by atoms with E-state index >= 15 is 0 Å². The molecular weight excluding hydrogens is 755 g/mol. The fraction of sp³-hybridized carbons (Fsp3) is 0.442. The summed E-state index contributed by atoms with van der Waals surface area (Å²) in [6.07, 6.45) is 1.57. The lowest BCUT2D eigenvalue weighted by Crippen LogP contribution is -2.48. The second kappa shape index (κ2) is 17.3. The summed E-state index contributed by atoms with van der Waals surface area (Å²) in [5, 5.41) is 35.1. The number of rotatable bonds is 12. The smallest absolute Gasteiger partial charge is 0.407 e. The molecule has 2 heterocycles. The zero-order valence-corrected chi connectivity index (χ0v) is 33.7. The van der Waals surface area contributed by atoms with Crippen molar-refractivity contribution in [3.05, 3.63) is 83.4 Å². The molecule has 2 saturated carbocycles. The number of carboxylic acid groups (broad SMARTS) is 1. The minimum absolute atomic E-state index is 0.0378. The lowest BCUT2D eigenvalue weighted by Gasteiger charge is -2.29. The number of tetrazole rings is 1. The number of anilines is 1. The maximum atomic E-state index is 14.0. The average Bonchev–Trinajstić information content (AvgIpc) is 3.57. The van der Waals surface area contributed by atoms with Gasteiger partial charge < -0.3 is 36.0 Å². The van der Waals surface area contributed by atoms with Crippen molar-refractivity contribution in [1.29, 1.82) is 0 Å². The molecule has 7 rings (SSSR count). The first-order chi connectivity index (χ1) is 28.2. The molecular formula is C43H51N9O7. The lowest BCUT2D eigenvalue weighted by molar-refractivity contribution is -0.130. The monoisotopic (exact) mass is 805 g/mol. The number of aromatic amines is 1. The van der Waals surface area contributed by atoms with Crippen molar-refractivity contribution in [3.8, 4) is 22.5 Å². The molecule has 3 aromatic carbocycles. The van der Waals surface area contributed by atoms with Gasteiger partial charge >= 0.3 is 12.2 Å². The van der Waals surface area contributed by atoms with Crippen LogP contribution in [0.25, 0.3) is 22.5 Å². The SMILES string of the molecule is Cc1ccc(C(=O)NC2C3CN(C(=O)O)CC32)cc1-c1cccc(C[C@H](NC(=O)[C@H]2CC[C@H](CNC(=O)OC(C)(C)C)CC2)C(=O)Nc2ccc(-c3nnn[nH]3)cc2)c1. The molecule has 59 heavy (non-hydrogen) atoms. The number of ether oxygens (including phenoxy) is 1. The Morgan fingerprint density at radius 3 is 2.32 bits per heavy atom. The normalized spacial score (nSPS) is 21.4. The van der Waals surface area contributed by atoms with Crippen LogP contribution in [0.2, 0.25) is 0 Å². The van der Waals surface area contributed by atoms with Crippen LogP contribution in [0.3, 0.4) is 0 Å². The number of benzene rings is 3. The Morgan fingerprint density at radius 1 is 0.932 bits per heavy atom. The summed E-state index contributed by atoms with van der Waals surface area (Å²) in [5.74, 6) is -0.0752. The highest BCUT2D eigenvalue weighted by Crippen LogP contribution is 2.45. The molecule has 16 nitrogen and oxygen atoms in total. The van der Waals surface area contributed by atoms with Gasteiger partial charge in [0, 0.05) is 66.7 Å². The van der Waals surface area contributed by atoms with Gasteiger partial charge in [-0.15, -0.1) is 5.10 Å². The van der Waals surface area contributed by atoms with Crippen molar-refractivity contribution in [2.45, 2.75) is 77.5 Å². The van der Waals surface area contributed by atoms with E-state index in [0.29, 0.717) is 49.6 Å². The molecule has 3 atom stereocenters. The number of alkyl carbamates (subject to hydrolysis) is 1. The molecule has 3 fully saturated rings. The maximum Gasteiger partial charge on any atom is 0.407 e. The van der Waals surface area contributed by atoms with Crippen LogP contribution < -0.4 is 21.3 Å². The third-order valence-corrected chi connectivity index (χ3v) is 11.5. The first-order valence-corrected chi connectivity index (χ1v) is 20.1. The summed E-state index contributed by atoms with van der Waals surface area (Å²) in [6.45, 7) is 8.75. The van der Waals surface area contributed by atoms with Crippen molar-refractivity contribution in [1.82, 2.24) is 41.5 Å². The van der Waals surface area contributed by atoms with Crippen LogP contribution in [0.4, 0.5) is 15.3 Å². The summed E-state index contributed by atoms with van der Waals surface area (Å²) in [6, 6.07) is 19.4. The number of carbonyl (C=O) groups excluding carboxylic acids is 4. The Labute approximate surface area is 342 Å². The molecule has 1 aliphatic heterocycles. The van der Waals surface area contributed by atoms with Crippen molar-refractivity contribution in [3.63, 3.8) is 0 Å². The highest BCUT2D eigenvalue weighted by molar-refractivity contribution is 5.98. The third-order valence-electron chi connectivity index (χ3n) is 11.5. The number of H-pyrrole nitrogens is 1. The first-order valence-electron chi connectivity index (χ1n) is 20.1. The zero-order valence-electron chi connectivity index (χ0n) is 33.7. The van der Waals surface area contributed by atoms with Crippen LogP contribution in [0.15, 0.2) is 66.7 Å². The fourth-order valence-electron chi connectivity index (χ4n) is 8.20. The van der Waals surface area contributed by atoms with E-state index in [1.165, 1.54) is 4.90 Å². The van der Waals surface area contributed by atoms with Crippen molar-refractivity contribution in [2.24, 2.45) is 23.7 Å². The van der Waals surface area contributed by atoms with Crippen LogP contribution in [-0.4, -0.2) is 97.9 Å². The van der Waals surface area contributed by atoms with Gasteiger partial charge in [-0.3, -0.25) is 14.4 Å². The van der Waals surface area contributed by atoms with Crippen molar-refractivity contribution >= 4 is 35.6 Å². The van der Waals surface area contributed by atoms with E-state index in [1.54, 1.807) is 30.3 Å². The molecule has 16 heteroatoms. The predicted molar refractivity (Wildman–Crippen MR) is 218 cm³/mol. The fourth-order valence-corrected chi connectivity index (χ4v) is 8.20. The number of nitrogens with one attached hydrogen (secondary N) is 5. The minimum atomic E-state index is -0.931. The van der Waals surface area contributed by atoms with Gasteiger partial charge in [0.15, 0.2) is 5.82 Å². The summed E-state index contributed by atoms with van der Waals surface area (Å²) in [4.78, 5) is 66.1. The van der Waals surface area contributed by atoms with E-state index in [9.17, 15) is 29.1 Å². The van der Waals surface area contributed by atoms with E-state index in [4.69, 9.17) is 4.74 Å². The van der Waals surface area contributed by atoms with E-state index in [0.717, 1.165) is 40.7 Å². The number of hydrogen-bond acceptors (Lipinski definition) is 9. The number of fused-ring (bicyclic) bond motifs is 1. The molecule has 0 radical (unpaired) electrons. The number of piperidine rings is 1. The van der Waals surface area contributed by atoms with Gasteiger partial charge in [-0.1, -0.05) is 30.3 Å². The van der Waals surface area contributed by atoms with Gasteiger partial charge in [0.05, 0.1) is 0 Å². The quantitative estimate of drug-likeness (QED) is 0.110. The zero-order chi connectivity index (χ0) is 41.8. The highest BCUT2D eigenvalue weighted by atomic mass is 16.6. The van der Waals surface area contributed by atoms with Crippen LogP contribution >= 0.6 is 0 Å². The van der Waals surface area contributed by atoms with Crippen LogP contribution in [0, 0.1) is 30.6 Å². The van der Waals surface area contributed by atoms with E-state index < -0.39 is 23.8 Å². The minimum Gasteiger partial charge on any atom is -0.465 e. The summed E-state index contributed by atoms with van der Waals surface area (Å²) < 4.78 is 5.36. The van der Waals surface area contributed by atoms with Gasteiger partial charge in [0.2, 0.25) is 11.8 Å². The lowest BCUT2D eigenvalue weighted by atomic mass is 9.81. The molecule has 0 bridgehead atoms. The van der Waals surface area contributed by atoms with Gasteiger partial charge in [0.25, 0.3) is 5.91 Å². The Morgan fingerprint density at radius 2 is 1.66 bits per heavy atom. The summed E-state index contributed by atoms with van der Waals surface area (Å²) >= 11 is 0. The van der Waals surface area contributed by atoms with Crippen molar-refractivity contribution in [2.75, 3.05) is 25.0 Å². The number of carbonyl (C=O) groups is 5. The maximum absolute atomic E-state index is 14.0. The Bertz CT molecular complexity index is 2170. The van der Waals surface area contributed by atoms with Gasteiger partial charge in [0.1, 0.15) is 11.6 Å². The third kappa shape index (κ3) is 10.2. The van der Waals surface area contributed by atoms with Crippen molar-refractivity contribution < 1.29 is 33.8 Å². The van der Waals surface area contributed by atoms with Gasteiger partial charge in [-0.25, -0.2) is 14.7 Å². The average molecular weight is 806 g/mol. The van der Waals surface area contributed by atoms with Crippen LogP contribution in [-0.2, 0) is 20.7 Å². The topological polar surface area (TPSA) is 221 Å². The van der Waals surface area contributed by atoms with E-state index in [1.807, 2.05) is 64.1 Å². The number of nitrogens with zero attached hydrogens (tertiary/aromatic N) is 4.